The van der Waals surface area contributed by atoms with Gasteiger partial charge < -0.3 is 39.9 Å². The second kappa shape index (κ2) is 17.7. The summed E-state index contributed by atoms with van der Waals surface area (Å²) < 4.78 is 9.64. The maximum atomic E-state index is 13.9. The first kappa shape index (κ1) is 43.5. The number of thiophene rings is 1. The Morgan fingerprint density at radius 1 is 0.688 bits per heavy atom. The second-order valence-electron chi connectivity index (χ2n) is 19.0. The molecular weight excluding hydrogens is 829 g/mol. The first-order chi connectivity index (χ1) is 30.9. The van der Waals surface area contributed by atoms with Crippen molar-refractivity contribution < 1.29 is 28.7 Å². The highest BCUT2D eigenvalue weighted by Crippen LogP contribution is 2.56. The number of nitrogens with zero attached hydrogens (tertiary/aromatic N) is 4. The van der Waals surface area contributed by atoms with Gasteiger partial charge in [-0.05, 0) is 108 Å². The van der Waals surface area contributed by atoms with Crippen LogP contribution in [0.2, 0.25) is 0 Å². The van der Waals surface area contributed by atoms with Gasteiger partial charge in [-0.25, -0.2) is 19.6 Å². The number of benzene rings is 2. The molecular formula is C49H60N8O6S. The topological polar surface area (TPSA) is 175 Å². The number of aromatic amines is 2. The molecule has 1 saturated carbocycles. The van der Waals surface area contributed by atoms with Gasteiger partial charge in [-0.2, -0.15) is 0 Å². The van der Waals surface area contributed by atoms with Gasteiger partial charge in [-0.3, -0.25) is 9.59 Å². The Morgan fingerprint density at radius 3 is 1.70 bits per heavy atom. The van der Waals surface area contributed by atoms with E-state index in [0.29, 0.717) is 18.5 Å². The monoisotopic (exact) mass is 888 g/mol. The van der Waals surface area contributed by atoms with Crippen LogP contribution in [0.25, 0.3) is 43.0 Å². The number of ether oxygens (including phenoxy) is 2. The highest BCUT2D eigenvalue weighted by Gasteiger charge is 2.44. The molecule has 2 aromatic carbocycles. The van der Waals surface area contributed by atoms with Crippen molar-refractivity contribution in [2.45, 2.75) is 116 Å². The first-order valence-electron chi connectivity index (χ1n) is 23.0. The molecule has 0 bridgehead atoms. The zero-order chi connectivity index (χ0) is 44.9. The van der Waals surface area contributed by atoms with Gasteiger partial charge in [0.25, 0.3) is 0 Å². The lowest BCUT2D eigenvalue weighted by Gasteiger charge is -2.30. The van der Waals surface area contributed by atoms with Crippen LogP contribution in [0, 0.1) is 17.3 Å². The van der Waals surface area contributed by atoms with E-state index in [1.54, 1.807) is 0 Å². The lowest BCUT2D eigenvalue weighted by molar-refractivity contribution is -0.136. The van der Waals surface area contributed by atoms with Gasteiger partial charge in [0.2, 0.25) is 11.8 Å². The summed E-state index contributed by atoms with van der Waals surface area (Å²) >= 11 is 1.84. The fraction of sp³-hybridized carbons (Fsp3) is 0.510. The smallest absolute Gasteiger partial charge is 0.407 e. The van der Waals surface area contributed by atoms with Gasteiger partial charge in [0, 0.05) is 23.5 Å². The number of carbonyl (C=O) groups is 4. The van der Waals surface area contributed by atoms with E-state index in [9.17, 15) is 19.2 Å². The molecule has 14 nitrogen and oxygen atoms in total. The minimum absolute atomic E-state index is 0.103. The van der Waals surface area contributed by atoms with Crippen LogP contribution >= 0.6 is 11.3 Å². The van der Waals surface area contributed by atoms with E-state index in [-0.39, 0.29) is 35.7 Å². The van der Waals surface area contributed by atoms with Gasteiger partial charge in [-0.1, -0.05) is 64.8 Å². The molecule has 9 rings (SSSR count). The molecule has 5 aromatic rings. The number of rotatable bonds is 11. The molecule has 338 valence electrons. The molecule has 0 radical (unpaired) electrons. The number of amides is 4. The van der Waals surface area contributed by atoms with Gasteiger partial charge in [0.15, 0.2) is 0 Å². The van der Waals surface area contributed by atoms with Crippen LogP contribution in [0.1, 0.15) is 114 Å². The predicted molar refractivity (Wildman–Crippen MR) is 246 cm³/mol. The van der Waals surface area contributed by atoms with Crippen LogP contribution < -0.4 is 10.6 Å². The first-order valence-corrected chi connectivity index (χ1v) is 23.8. The van der Waals surface area contributed by atoms with E-state index in [2.05, 4.69) is 57.0 Å². The molecule has 64 heavy (non-hydrogen) atoms. The normalized spacial score (nSPS) is 20.1. The lowest BCUT2D eigenvalue weighted by atomic mass is 9.83. The Labute approximate surface area is 378 Å². The van der Waals surface area contributed by atoms with Crippen molar-refractivity contribution in [3.63, 3.8) is 0 Å². The summed E-state index contributed by atoms with van der Waals surface area (Å²) in [5, 5.41) is 7.76. The van der Waals surface area contributed by atoms with Crippen molar-refractivity contribution in [2.24, 2.45) is 17.3 Å². The molecule has 3 fully saturated rings. The van der Waals surface area contributed by atoms with Crippen LogP contribution in [0.5, 0.6) is 0 Å². The molecule has 1 spiro atoms. The molecule has 3 aromatic heterocycles. The maximum absolute atomic E-state index is 13.9. The summed E-state index contributed by atoms with van der Waals surface area (Å²) in [4.78, 5) is 75.0. The fourth-order valence-corrected chi connectivity index (χ4v) is 12.1. The van der Waals surface area contributed by atoms with E-state index >= 15 is 0 Å². The Morgan fingerprint density at radius 2 is 1.17 bits per heavy atom. The van der Waals surface area contributed by atoms with Crippen molar-refractivity contribution in [1.82, 2.24) is 40.4 Å². The predicted octanol–water partition coefficient (Wildman–Crippen LogP) is 9.10. The number of fused-ring (bicyclic) bond motifs is 2. The number of likely N-dealkylation sites (tertiary alicyclic amines) is 2. The molecule has 5 heterocycles. The van der Waals surface area contributed by atoms with Crippen molar-refractivity contribution >= 4 is 46.1 Å². The summed E-state index contributed by atoms with van der Waals surface area (Å²) in [6, 6.07) is 11.5. The van der Waals surface area contributed by atoms with Gasteiger partial charge in [-0.15, -0.1) is 11.3 Å². The minimum atomic E-state index is -0.689. The average Bonchev–Trinajstić information content (AvgIpc) is 4.15. The number of hydrogen-bond donors (Lipinski definition) is 4. The quantitative estimate of drug-likeness (QED) is 0.102. The third-order valence-corrected chi connectivity index (χ3v) is 15.6. The van der Waals surface area contributed by atoms with Crippen LogP contribution in [-0.4, -0.2) is 93.1 Å². The standard InChI is InChI=1S/C49H60N8O6S/c1-27(2)39(54-47(60)62-5)45(58)56-19-9-11-37(56)43-50-25-35(52-43)31-15-13-30-22-32(16-14-29(30)21-31)41-33-23-49(17-7-8-18-49)24-34(33)42(64-41)36-26-51-44(53-36)38-12-10-20-57(38)46(59)40(28(3)4)55-48(61)63-6/h13-16,21-22,25-28,37-40H,7-12,17-20,23-24H2,1-6H3,(H,50,52)(H,51,53)(H,54,60)(H,55,61)/t37-,38-,39+,40-/m0/s1. The van der Waals surface area contributed by atoms with Gasteiger partial charge in [0.1, 0.15) is 23.7 Å². The van der Waals surface area contributed by atoms with Crippen LogP contribution in [0.3, 0.4) is 0 Å². The van der Waals surface area contributed by atoms with E-state index in [1.165, 1.54) is 66.3 Å². The zero-order valence-corrected chi connectivity index (χ0v) is 38.5. The summed E-state index contributed by atoms with van der Waals surface area (Å²) in [6.45, 7) is 8.90. The molecule has 0 unspecified atom stereocenters. The van der Waals surface area contributed by atoms with Gasteiger partial charge >= 0.3 is 12.2 Å². The Hall–Kier alpha value is -5.70. The van der Waals surface area contributed by atoms with E-state index in [4.69, 9.17) is 19.4 Å². The highest BCUT2D eigenvalue weighted by molar-refractivity contribution is 7.19. The maximum Gasteiger partial charge on any atom is 0.407 e. The number of carbonyl (C=O) groups excluding carboxylic acids is 4. The number of methoxy groups -OCH3 is 2. The summed E-state index contributed by atoms with van der Waals surface area (Å²) in [5.74, 6) is 1.07. The third kappa shape index (κ3) is 8.16. The molecule has 2 saturated heterocycles. The molecule has 15 heteroatoms. The Bertz CT molecular complexity index is 2570. The third-order valence-electron chi connectivity index (χ3n) is 14.2. The van der Waals surface area contributed by atoms with E-state index < -0.39 is 24.3 Å². The zero-order valence-electron chi connectivity index (χ0n) is 37.7. The SMILES string of the molecule is COC(=O)N[C@H](C(=O)N1CCC[C@H]1c1ncc(-c2sc(-c3ccc4cc(-c5cnc([C@@H]6CCCN6C(=O)[C@H](NC(=O)OC)C(C)C)[nH]5)ccc4c3)c3c2CC2(CCCC2)C3)[nH]1)C(C)C. The molecule has 2 aliphatic heterocycles. The Kier molecular flexibility index (Phi) is 12.0. The number of nitrogens with one attached hydrogen (secondary N) is 4. The fourth-order valence-electron chi connectivity index (χ4n) is 10.8. The molecule has 4 atom stereocenters. The average molecular weight is 889 g/mol. The number of aromatic nitrogens is 4. The number of alkyl carbamates (subject to hydrolysis) is 2. The molecule has 2 aliphatic carbocycles. The Balaban J connectivity index is 0.971. The van der Waals surface area contributed by atoms with Crippen LogP contribution in [0.15, 0.2) is 48.8 Å². The lowest BCUT2D eigenvalue weighted by Crippen LogP contribution is -2.51. The van der Waals surface area contributed by atoms with Crippen LogP contribution in [-0.2, 0) is 31.9 Å². The molecule has 4 N–H and O–H groups in total. The highest BCUT2D eigenvalue weighted by atomic mass is 32.1. The van der Waals surface area contributed by atoms with Crippen LogP contribution in [0.4, 0.5) is 9.59 Å². The van der Waals surface area contributed by atoms with Crippen molar-refractivity contribution in [3.8, 4) is 32.3 Å². The van der Waals surface area contributed by atoms with Crippen molar-refractivity contribution in [3.05, 3.63) is 71.6 Å². The molecule has 4 amide bonds. The minimum Gasteiger partial charge on any atom is -0.453 e. The number of imidazole rings is 2. The summed E-state index contributed by atoms with van der Waals surface area (Å²) in [5.41, 5.74) is 7.32. The van der Waals surface area contributed by atoms with E-state index in [1.807, 2.05) is 61.2 Å². The largest absolute Gasteiger partial charge is 0.453 e. The second-order valence-corrected chi connectivity index (χ2v) is 20.0. The molecule has 4 aliphatic rings. The number of hydrogen-bond acceptors (Lipinski definition) is 9. The summed E-state index contributed by atoms with van der Waals surface area (Å²) in [7, 11) is 2.61. The number of H-pyrrole nitrogens is 2. The van der Waals surface area contributed by atoms with Gasteiger partial charge in [0.05, 0.1) is 55.0 Å². The van der Waals surface area contributed by atoms with E-state index in [0.717, 1.165) is 77.9 Å². The summed E-state index contributed by atoms with van der Waals surface area (Å²) in [6.07, 6.45) is 13.1. The van der Waals surface area contributed by atoms with Crippen molar-refractivity contribution in [2.75, 3.05) is 27.3 Å². The van der Waals surface area contributed by atoms with Crippen molar-refractivity contribution in [1.29, 1.82) is 0 Å².